The molecule has 3 heterocycles. The molecule has 1 aliphatic heterocycles. The first-order valence-corrected chi connectivity index (χ1v) is 8.78. The maximum Gasteiger partial charge on any atom is 0.258 e. The summed E-state index contributed by atoms with van der Waals surface area (Å²) in [6.07, 6.45) is 1.40. The summed E-state index contributed by atoms with van der Waals surface area (Å²) in [4.78, 5) is 20.2. The first-order valence-electron chi connectivity index (χ1n) is 7.53. The molecular formula is C18H14ClN3OS. The molecule has 0 fully saturated rings. The Kier molecular flexibility index (Phi) is 3.96. The van der Waals surface area contributed by atoms with Gasteiger partial charge in [0.05, 0.1) is 17.8 Å². The van der Waals surface area contributed by atoms with E-state index in [0.717, 1.165) is 16.3 Å². The zero-order valence-corrected chi connectivity index (χ0v) is 14.2. The van der Waals surface area contributed by atoms with Crippen molar-refractivity contribution >= 4 is 34.5 Å². The van der Waals surface area contributed by atoms with Crippen LogP contribution in [0, 0.1) is 0 Å². The van der Waals surface area contributed by atoms with Gasteiger partial charge in [0, 0.05) is 21.8 Å². The highest BCUT2D eigenvalue weighted by molar-refractivity contribution is 7.09. The summed E-state index contributed by atoms with van der Waals surface area (Å²) in [6, 6.07) is 15.1. The van der Waals surface area contributed by atoms with Crippen LogP contribution in [0.25, 0.3) is 0 Å². The lowest BCUT2D eigenvalue weighted by molar-refractivity contribution is 0.0729. The number of pyridine rings is 1. The summed E-state index contributed by atoms with van der Waals surface area (Å²) >= 11 is 7.71. The minimum absolute atomic E-state index is 0.00831. The van der Waals surface area contributed by atoms with Crippen LogP contribution in [-0.2, 0) is 6.54 Å². The molecule has 2 aromatic heterocycles. The van der Waals surface area contributed by atoms with E-state index in [1.165, 1.54) is 0 Å². The summed E-state index contributed by atoms with van der Waals surface area (Å²) in [5.74, 6) is -0.00831. The van der Waals surface area contributed by atoms with Crippen LogP contribution in [0.1, 0.15) is 27.1 Å². The van der Waals surface area contributed by atoms with Crippen LogP contribution in [0.15, 0.2) is 60.1 Å². The number of amides is 1. The van der Waals surface area contributed by atoms with Crippen molar-refractivity contribution in [3.63, 3.8) is 0 Å². The van der Waals surface area contributed by atoms with Crippen LogP contribution in [-0.4, -0.2) is 15.8 Å². The van der Waals surface area contributed by atoms with E-state index in [1.807, 2.05) is 52.7 Å². The van der Waals surface area contributed by atoms with E-state index >= 15 is 0 Å². The van der Waals surface area contributed by atoms with E-state index in [0.29, 0.717) is 17.1 Å². The zero-order valence-electron chi connectivity index (χ0n) is 12.6. The number of hydrogen-bond acceptors (Lipinski definition) is 4. The van der Waals surface area contributed by atoms with Gasteiger partial charge in [-0.1, -0.05) is 23.7 Å². The molecule has 0 saturated heterocycles. The molecule has 24 heavy (non-hydrogen) atoms. The van der Waals surface area contributed by atoms with E-state index in [9.17, 15) is 4.79 Å². The molecule has 0 bridgehead atoms. The Labute approximate surface area is 148 Å². The highest BCUT2D eigenvalue weighted by atomic mass is 35.5. The van der Waals surface area contributed by atoms with E-state index in [1.54, 1.807) is 23.6 Å². The quantitative estimate of drug-likeness (QED) is 0.746. The standard InChI is InChI=1S/C18H14ClN3OS/c19-12-4-1-5-13(10-12)21-17-16-15(7-2-8-20-16)18(23)22(17)11-14-6-3-9-24-14/h1-10,17,21H,11H2/t17-/m0/s1. The Balaban J connectivity index is 1.70. The van der Waals surface area contributed by atoms with Crippen molar-refractivity contribution in [2.45, 2.75) is 12.7 Å². The summed E-state index contributed by atoms with van der Waals surface area (Å²) in [7, 11) is 0. The van der Waals surface area contributed by atoms with Crippen molar-refractivity contribution in [2.75, 3.05) is 5.32 Å². The molecule has 6 heteroatoms. The lowest BCUT2D eigenvalue weighted by atomic mass is 10.2. The Morgan fingerprint density at radius 1 is 1.21 bits per heavy atom. The number of rotatable bonds is 4. The molecule has 0 saturated carbocycles. The molecule has 120 valence electrons. The zero-order chi connectivity index (χ0) is 16.5. The molecule has 4 nitrogen and oxygen atoms in total. The van der Waals surface area contributed by atoms with Gasteiger partial charge in [-0.2, -0.15) is 0 Å². The van der Waals surface area contributed by atoms with Crippen molar-refractivity contribution in [2.24, 2.45) is 0 Å². The van der Waals surface area contributed by atoms with Gasteiger partial charge in [0.15, 0.2) is 0 Å². The molecule has 0 unspecified atom stereocenters. The number of benzene rings is 1. The van der Waals surface area contributed by atoms with Crippen molar-refractivity contribution in [3.05, 3.63) is 81.3 Å². The van der Waals surface area contributed by atoms with Crippen LogP contribution >= 0.6 is 22.9 Å². The fourth-order valence-electron chi connectivity index (χ4n) is 2.85. The van der Waals surface area contributed by atoms with E-state index in [4.69, 9.17) is 11.6 Å². The number of fused-ring (bicyclic) bond motifs is 1. The largest absolute Gasteiger partial charge is 0.360 e. The van der Waals surface area contributed by atoms with Crippen molar-refractivity contribution in [1.82, 2.24) is 9.88 Å². The van der Waals surface area contributed by atoms with Gasteiger partial charge in [-0.3, -0.25) is 9.78 Å². The van der Waals surface area contributed by atoms with E-state index in [-0.39, 0.29) is 12.1 Å². The smallest absolute Gasteiger partial charge is 0.258 e. The number of hydrogen-bond donors (Lipinski definition) is 1. The lowest BCUT2D eigenvalue weighted by Gasteiger charge is -2.26. The average molecular weight is 356 g/mol. The Morgan fingerprint density at radius 3 is 2.92 bits per heavy atom. The topological polar surface area (TPSA) is 45.2 Å². The number of carbonyl (C=O) groups excluding carboxylic acids is 1. The minimum atomic E-state index is -0.311. The van der Waals surface area contributed by atoms with Gasteiger partial charge in [0.1, 0.15) is 6.17 Å². The van der Waals surface area contributed by atoms with Crippen molar-refractivity contribution < 1.29 is 4.79 Å². The molecule has 0 aliphatic carbocycles. The maximum absolute atomic E-state index is 12.8. The van der Waals surface area contributed by atoms with Gasteiger partial charge in [-0.25, -0.2) is 0 Å². The van der Waals surface area contributed by atoms with Gasteiger partial charge in [-0.15, -0.1) is 11.3 Å². The summed E-state index contributed by atoms with van der Waals surface area (Å²) in [6.45, 7) is 0.547. The van der Waals surface area contributed by atoms with E-state index in [2.05, 4.69) is 10.3 Å². The number of aromatic nitrogens is 1. The van der Waals surface area contributed by atoms with Gasteiger partial charge in [0.25, 0.3) is 5.91 Å². The molecule has 0 radical (unpaired) electrons. The fourth-order valence-corrected chi connectivity index (χ4v) is 3.74. The Bertz CT molecular complexity index is 881. The number of thiophene rings is 1. The van der Waals surface area contributed by atoms with Gasteiger partial charge >= 0.3 is 0 Å². The minimum Gasteiger partial charge on any atom is -0.360 e. The molecule has 1 amide bonds. The first-order chi connectivity index (χ1) is 11.7. The van der Waals surface area contributed by atoms with Gasteiger partial charge in [-0.05, 0) is 41.8 Å². The number of halogens is 1. The third-order valence-corrected chi connectivity index (χ3v) is 5.03. The van der Waals surface area contributed by atoms with Crippen LogP contribution in [0.3, 0.4) is 0 Å². The SMILES string of the molecule is O=C1c2cccnc2[C@@H](Nc2cccc(Cl)c2)N1Cc1cccs1. The van der Waals surface area contributed by atoms with Crippen molar-refractivity contribution in [3.8, 4) is 0 Å². The number of nitrogens with one attached hydrogen (secondary N) is 1. The highest BCUT2D eigenvalue weighted by Gasteiger charge is 2.38. The Morgan fingerprint density at radius 2 is 2.12 bits per heavy atom. The average Bonchev–Trinajstić information content (AvgIpc) is 3.18. The normalized spacial score (nSPS) is 16.3. The van der Waals surface area contributed by atoms with Crippen LogP contribution < -0.4 is 5.32 Å². The molecule has 1 aromatic carbocycles. The van der Waals surface area contributed by atoms with Gasteiger partial charge < -0.3 is 10.2 Å². The predicted molar refractivity (Wildman–Crippen MR) is 96.2 cm³/mol. The molecule has 1 atom stereocenters. The summed E-state index contributed by atoms with van der Waals surface area (Å²) in [5.41, 5.74) is 2.25. The van der Waals surface area contributed by atoms with Crippen molar-refractivity contribution in [1.29, 1.82) is 0 Å². The monoisotopic (exact) mass is 355 g/mol. The first kappa shape index (κ1) is 15.2. The maximum atomic E-state index is 12.8. The number of nitrogens with zero attached hydrogens (tertiary/aromatic N) is 2. The molecule has 1 aliphatic rings. The molecule has 1 N–H and O–H groups in total. The number of carbonyl (C=O) groups is 1. The number of anilines is 1. The Hall–Kier alpha value is -2.37. The van der Waals surface area contributed by atoms with Gasteiger partial charge in [0.2, 0.25) is 0 Å². The second-order valence-corrected chi connectivity index (χ2v) is 6.97. The molecule has 0 spiro atoms. The second kappa shape index (κ2) is 6.26. The van der Waals surface area contributed by atoms with Crippen LogP contribution in [0.5, 0.6) is 0 Å². The predicted octanol–water partition coefficient (Wildman–Crippen LogP) is 4.56. The summed E-state index contributed by atoms with van der Waals surface area (Å²) in [5, 5.41) is 6.06. The van der Waals surface area contributed by atoms with Crippen LogP contribution in [0.2, 0.25) is 5.02 Å². The summed E-state index contributed by atoms with van der Waals surface area (Å²) < 4.78 is 0. The molecule has 3 aromatic rings. The molecule has 4 rings (SSSR count). The van der Waals surface area contributed by atoms with Crippen LogP contribution in [0.4, 0.5) is 5.69 Å². The van der Waals surface area contributed by atoms with E-state index < -0.39 is 0 Å². The third kappa shape index (κ3) is 2.77. The third-order valence-electron chi connectivity index (χ3n) is 3.93. The molecular weight excluding hydrogens is 342 g/mol. The second-order valence-electron chi connectivity index (χ2n) is 5.51. The lowest BCUT2D eigenvalue weighted by Crippen LogP contribution is -2.31. The highest BCUT2D eigenvalue weighted by Crippen LogP contribution is 2.35. The fraction of sp³-hybridized carbons (Fsp3) is 0.111.